The van der Waals surface area contributed by atoms with Gasteiger partial charge < -0.3 is 10.1 Å². The van der Waals surface area contributed by atoms with Crippen molar-refractivity contribution in [1.29, 1.82) is 0 Å². The van der Waals surface area contributed by atoms with Crippen LogP contribution in [0.15, 0.2) is 66.9 Å². The largest absolute Gasteiger partial charge is 0.449 e. The van der Waals surface area contributed by atoms with Gasteiger partial charge in [0, 0.05) is 17.3 Å². The number of amides is 1. The Morgan fingerprint density at radius 2 is 1.60 bits per heavy atom. The number of benzene rings is 2. The molecule has 0 aliphatic rings. The monoisotopic (exact) mass is 442 g/mol. The van der Waals surface area contributed by atoms with Crippen LogP contribution in [0.3, 0.4) is 0 Å². The van der Waals surface area contributed by atoms with Crippen LogP contribution in [0.25, 0.3) is 0 Å². The molecule has 1 aromatic heterocycles. The number of aromatic nitrogens is 1. The number of anilines is 1. The first-order chi connectivity index (χ1) is 14.4. The fourth-order valence-electron chi connectivity index (χ4n) is 2.61. The third-order valence-electron chi connectivity index (χ3n) is 4.13. The van der Waals surface area contributed by atoms with E-state index >= 15 is 0 Å². The second-order valence-corrected chi connectivity index (χ2v) is 7.11. The summed E-state index contributed by atoms with van der Waals surface area (Å²) in [6.07, 6.45) is 0.163. The fourth-order valence-corrected chi connectivity index (χ4v) is 3.03. The van der Waals surface area contributed by atoms with Crippen molar-refractivity contribution in [3.63, 3.8) is 0 Å². The summed E-state index contributed by atoms with van der Waals surface area (Å²) < 4.78 is 5.26. The molecule has 0 aliphatic carbocycles. The van der Waals surface area contributed by atoms with Crippen LogP contribution >= 0.6 is 23.2 Å². The summed E-state index contributed by atoms with van der Waals surface area (Å²) in [5.74, 6) is -1.66. The number of rotatable bonds is 6. The molecule has 3 rings (SSSR count). The predicted octanol–water partition coefficient (Wildman–Crippen LogP) is 4.80. The van der Waals surface area contributed by atoms with Crippen molar-refractivity contribution in [3.05, 3.63) is 93.6 Å². The van der Waals surface area contributed by atoms with Crippen molar-refractivity contribution in [2.24, 2.45) is 0 Å². The Kier molecular flexibility index (Phi) is 6.82. The zero-order valence-electron chi connectivity index (χ0n) is 15.8. The standard InChI is InChI=1S/C22H16Cl2N2O4/c1-13(21(28)26-20-18(24)11-15(23)12-25-20)30-22(29)17-10-6-5-9-16(17)19(27)14-7-3-2-4-8-14/h2-13H,1H3,(H,25,26,28). The van der Waals surface area contributed by atoms with Gasteiger partial charge in [0.2, 0.25) is 0 Å². The SMILES string of the molecule is CC(OC(=O)c1ccccc1C(=O)c1ccccc1)C(=O)Nc1ncc(Cl)cc1Cl. The molecule has 6 nitrogen and oxygen atoms in total. The van der Waals surface area contributed by atoms with Gasteiger partial charge in [-0.1, -0.05) is 71.7 Å². The average Bonchev–Trinajstić information content (AvgIpc) is 2.75. The third-order valence-corrected chi connectivity index (χ3v) is 4.62. The maximum absolute atomic E-state index is 12.8. The lowest BCUT2D eigenvalue weighted by Crippen LogP contribution is -2.30. The Morgan fingerprint density at radius 1 is 0.967 bits per heavy atom. The molecule has 1 heterocycles. The van der Waals surface area contributed by atoms with E-state index in [9.17, 15) is 14.4 Å². The molecular weight excluding hydrogens is 427 g/mol. The number of carbonyl (C=O) groups excluding carboxylic acids is 3. The Bertz CT molecular complexity index is 1100. The van der Waals surface area contributed by atoms with Crippen LogP contribution in [0.1, 0.15) is 33.2 Å². The molecule has 0 bridgehead atoms. The number of ketones is 1. The van der Waals surface area contributed by atoms with E-state index in [4.69, 9.17) is 27.9 Å². The highest BCUT2D eigenvalue weighted by Gasteiger charge is 2.24. The summed E-state index contributed by atoms with van der Waals surface area (Å²) in [4.78, 5) is 41.7. The number of esters is 1. The normalized spacial score (nSPS) is 11.4. The summed E-state index contributed by atoms with van der Waals surface area (Å²) >= 11 is 11.8. The topological polar surface area (TPSA) is 85.4 Å². The number of halogens is 2. The number of ether oxygens (including phenoxy) is 1. The quantitative estimate of drug-likeness (QED) is 0.437. The molecule has 152 valence electrons. The number of hydrogen-bond acceptors (Lipinski definition) is 5. The molecule has 8 heteroatoms. The summed E-state index contributed by atoms with van der Waals surface area (Å²) in [7, 11) is 0. The first-order valence-corrected chi connectivity index (χ1v) is 9.64. The number of hydrogen-bond donors (Lipinski definition) is 1. The minimum absolute atomic E-state index is 0.0636. The first kappa shape index (κ1) is 21.5. The van der Waals surface area contributed by atoms with E-state index < -0.39 is 18.0 Å². The van der Waals surface area contributed by atoms with Crippen molar-refractivity contribution in [3.8, 4) is 0 Å². The van der Waals surface area contributed by atoms with E-state index in [0.717, 1.165) is 0 Å². The summed E-state index contributed by atoms with van der Waals surface area (Å²) in [5, 5.41) is 2.94. The Hall–Kier alpha value is -3.22. The molecule has 1 atom stereocenters. The molecule has 0 radical (unpaired) electrons. The van der Waals surface area contributed by atoms with Gasteiger partial charge in [0.15, 0.2) is 17.7 Å². The smallest absolute Gasteiger partial charge is 0.339 e. The maximum Gasteiger partial charge on any atom is 0.339 e. The Labute approximate surface area is 182 Å². The van der Waals surface area contributed by atoms with E-state index in [1.807, 2.05) is 0 Å². The van der Waals surface area contributed by atoms with Gasteiger partial charge in [-0.05, 0) is 19.1 Å². The van der Waals surface area contributed by atoms with E-state index in [1.165, 1.54) is 31.3 Å². The second kappa shape index (κ2) is 9.52. The Morgan fingerprint density at radius 3 is 2.27 bits per heavy atom. The van der Waals surface area contributed by atoms with Crippen LogP contribution in [0.5, 0.6) is 0 Å². The van der Waals surface area contributed by atoms with Crippen LogP contribution in [0.2, 0.25) is 10.0 Å². The molecule has 0 saturated heterocycles. The molecule has 3 aromatic rings. The number of nitrogens with one attached hydrogen (secondary N) is 1. The molecule has 2 aromatic carbocycles. The summed E-state index contributed by atoms with van der Waals surface area (Å²) in [6, 6.07) is 16.3. The molecular formula is C22H16Cl2N2O4. The van der Waals surface area contributed by atoms with E-state index in [-0.39, 0.29) is 27.8 Å². The van der Waals surface area contributed by atoms with Gasteiger partial charge in [-0.15, -0.1) is 0 Å². The Balaban J connectivity index is 1.74. The van der Waals surface area contributed by atoms with Crippen molar-refractivity contribution in [2.45, 2.75) is 13.0 Å². The molecule has 0 fully saturated rings. The highest BCUT2D eigenvalue weighted by atomic mass is 35.5. The van der Waals surface area contributed by atoms with E-state index in [0.29, 0.717) is 10.6 Å². The minimum atomic E-state index is -1.16. The highest BCUT2D eigenvalue weighted by molar-refractivity contribution is 6.36. The maximum atomic E-state index is 12.8. The first-order valence-electron chi connectivity index (χ1n) is 8.88. The highest BCUT2D eigenvalue weighted by Crippen LogP contribution is 2.23. The van der Waals surface area contributed by atoms with Gasteiger partial charge in [0.05, 0.1) is 15.6 Å². The average molecular weight is 443 g/mol. The summed E-state index contributed by atoms with van der Waals surface area (Å²) in [5.41, 5.74) is 0.685. The van der Waals surface area contributed by atoms with Crippen LogP contribution in [0, 0.1) is 0 Å². The van der Waals surface area contributed by atoms with Crippen molar-refractivity contribution >= 4 is 46.7 Å². The molecule has 0 saturated carbocycles. The van der Waals surface area contributed by atoms with Gasteiger partial charge in [-0.25, -0.2) is 9.78 Å². The lowest BCUT2D eigenvalue weighted by atomic mass is 9.98. The zero-order chi connectivity index (χ0) is 21.7. The zero-order valence-corrected chi connectivity index (χ0v) is 17.3. The fraction of sp³-hybridized carbons (Fsp3) is 0.0909. The molecule has 0 aliphatic heterocycles. The molecule has 1 N–H and O–H groups in total. The van der Waals surface area contributed by atoms with Gasteiger partial charge in [0.1, 0.15) is 0 Å². The lowest BCUT2D eigenvalue weighted by molar-refractivity contribution is -0.123. The van der Waals surface area contributed by atoms with Gasteiger partial charge in [-0.2, -0.15) is 0 Å². The van der Waals surface area contributed by atoms with Crippen molar-refractivity contribution in [2.75, 3.05) is 5.32 Å². The van der Waals surface area contributed by atoms with Crippen LogP contribution in [-0.2, 0) is 9.53 Å². The molecule has 1 amide bonds. The molecule has 1 unspecified atom stereocenters. The van der Waals surface area contributed by atoms with E-state index in [1.54, 1.807) is 42.5 Å². The third kappa shape index (κ3) is 5.03. The van der Waals surface area contributed by atoms with Crippen LogP contribution in [-0.4, -0.2) is 28.7 Å². The van der Waals surface area contributed by atoms with Crippen LogP contribution < -0.4 is 5.32 Å². The predicted molar refractivity (Wildman–Crippen MR) is 114 cm³/mol. The summed E-state index contributed by atoms with van der Waals surface area (Å²) in [6.45, 7) is 1.40. The number of nitrogens with zero attached hydrogens (tertiary/aromatic N) is 1. The molecule has 0 spiro atoms. The van der Waals surface area contributed by atoms with Gasteiger partial charge in [0.25, 0.3) is 5.91 Å². The van der Waals surface area contributed by atoms with Crippen LogP contribution in [0.4, 0.5) is 5.82 Å². The van der Waals surface area contributed by atoms with Gasteiger partial charge >= 0.3 is 5.97 Å². The van der Waals surface area contributed by atoms with Gasteiger partial charge in [-0.3, -0.25) is 9.59 Å². The lowest BCUT2D eigenvalue weighted by Gasteiger charge is -2.15. The minimum Gasteiger partial charge on any atom is -0.449 e. The second-order valence-electron chi connectivity index (χ2n) is 6.26. The van der Waals surface area contributed by atoms with Crippen molar-refractivity contribution in [1.82, 2.24) is 4.98 Å². The molecule has 30 heavy (non-hydrogen) atoms. The van der Waals surface area contributed by atoms with E-state index in [2.05, 4.69) is 10.3 Å². The number of pyridine rings is 1. The number of carbonyl (C=O) groups is 3. The van der Waals surface area contributed by atoms with Crippen molar-refractivity contribution < 1.29 is 19.1 Å².